The minimum atomic E-state index is -0.310. The van der Waals surface area contributed by atoms with Gasteiger partial charge in [-0.15, -0.1) is 5.10 Å². The third kappa shape index (κ3) is 6.17. The Labute approximate surface area is 221 Å². The second-order valence-electron chi connectivity index (χ2n) is 10.4. The molecule has 5 rings (SSSR count). The smallest absolute Gasteiger partial charge is 0.319 e. The zero-order valence-corrected chi connectivity index (χ0v) is 21.6. The molecule has 2 N–H and O–H groups in total. The predicted octanol–water partition coefficient (Wildman–Crippen LogP) is 4.18. The molecule has 1 saturated heterocycles. The minimum Gasteiger partial charge on any atom is -0.342 e. The Bertz CT molecular complexity index is 1240. The summed E-state index contributed by atoms with van der Waals surface area (Å²) < 4.78 is 14.9. The summed E-state index contributed by atoms with van der Waals surface area (Å²) >= 11 is 0. The van der Waals surface area contributed by atoms with Crippen LogP contribution in [0.2, 0.25) is 0 Å². The van der Waals surface area contributed by atoms with E-state index in [-0.39, 0.29) is 29.7 Å². The lowest BCUT2D eigenvalue weighted by molar-refractivity contribution is -0.139. The lowest BCUT2D eigenvalue weighted by Crippen LogP contribution is -2.52. The number of carbonyl (C=O) groups is 2. The van der Waals surface area contributed by atoms with Gasteiger partial charge in [0.1, 0.15) is 5.82 Å². The van der Waals surface area contributed by atoms with Gasteiger partial charge in [0.05, 0.1) is 5.92 Å². The van der Waals surface area contributed by atoms with Gasteiger partial charge in [0.15, 0.2) is 5.82 Å². The first kappa shape index (κ1) is 25.8. The van der Waals surface area contributed by atoms with E-state index in [1.165, 1.54) is 12.1 Å². The van der Waals surface area contributed by atoms with Gasteiger partial charge in [-0.1, -0.05) is 25.0 Å². The molecular formula is C28H34FN7O2. The molecule has 3 atom stereocenters. The van der Waals surface area contributed by atoms with E-state index in [1.54, 1.807) is 11.7 Å². The number of hydrogen-bond acceptors (Lipinski definition) is 5. The molecule has 1 aromatic heterocycles. The summed E-state index contributed by atoms with van der Waals surface area (Å²) in [4.78, 5) is 28.5. The summed E-state index contributed by atoms with van der Waals surface area (Å²) in [6, 6.07) is 13.5. The van der Waals surface area contributed by atoms with Crippen molar-refractivity contribution in [2.24, 2.45) is 18.9 Å². The zero-order valence-electron chi connectivity index (χ0n) is 21.6. The maximum atomic E-state index is 13.6. The van der Waals surface area contributed by atoms with Crippen molar-refractivity contribution in [3.05, 3.63) is 59.9 Å². The quantitative estimate of drug-likeness (QED) is 0.509. The van der Waals surface area contributed by atoms with E-state index in [1.807, 2.05) is 41.3 Å². The van der Waals surface area contributed by atoms with Gasteiger partial charge >= 0.3 is 6.03 Å². The van der Waals surface area contributed by atoms with Gasteiger partial charge in [-0.25, -0.2) is 13.9 Å². The van der Waals surface area contributed by atoms with Crippen LogP contribution >= 0.6 is 0 Å². The van der Waals surface area contributed by atoms with Crippen molar-refractivity contribution < 1.29 is 14.0 Å². The fourth-order valence-electron chi connectivity index (χ4n) is 5.73. The lowest BCUT2D eigenvalue weighted by atomic mass is 9.82. The van der Waals surface area contributed by atoms with Crippen LogP contribution in [0.15, 0.2) is 48.5 Å². The normalized spacial score (nSPS) is 21.6. The number of nitrogens with one attached hydrogen (secondary N) is 2. The molecule has 1 saturated carbocycles. The van der Waals surface area contributed by atoms with Crippen LogP contribution in [0.4, 0.5) is 14.9 Å². The standard InChI is InChI=1S/C28H34FN7O2/c1-35-26(32-33-34-35)21-10-14-23(15-11-21)30-28(38)31-25-7-3-2-6-24(25)27(37)36-16-4-5-20(18-36)17-19-8-12-22(29)13-9-19/h8-15,20,24-25H,2-7,16-18H2,1H3,(H2,30,31,38)/t20-,24?,25+/m0/s1. The zero-order chi connectivity index (χ0) is 26.5. The number of tetrazole rings is 1. The number of amides is 3. The van der Waals surface area contributed by atoms with Crippen LogP contribution in [-0.2, 0) is 18.3 Å². The number of halogens is 1. The summed E-state index contributed by atoms with van der Waals surface area (Å²) in [6.45, 7) is 1.46. The molecule has 1 aliphatic carbocycles. The van der Waals surface area contributed by atoms with Crippen molar-refractivity contribution in [3.8, 4) is 11.4 Å². The highest BCUT2D eigenvalue weighted by molar-refractivity contribution is 5.90. The average molecular weight is 520 g/mol. The molecule has 200 valence electrons. The topological polar surface area (TPSA) is 105 Å². The van der Waals surface area contributed by atoms with Crippen LogP contribution in [0, 0.1) is 17.7 Å². The Hall–Kier alpha value is -3.82. The highest BCUT2D eigenvalue weighted by Gasteiger charge is 2.36. The molecule has 3 aromatic rings. The number of likely N-dealkylation sites (tertiary alicyclic amines) is 1. The van der Waals surface area contributed by atoms with Gasteiger partial charge in [-0.3, -0.25) is 4.79 Å². The average Bonchev–Trinajstić information content (AvgIpc) is 3.36. The number of anilines is 1. The van der Waals surface area contributed by atoms with E-state index in [0.29, 0.717) is 24.0 Å². The van der Waals surface area contributed by atoms with Crippen molar-refractivity contribution >= 4 is 17.6 Å². The predicted molar refractivity (Wildman–Crippen MR) is 142 cm³/mol. The van der Waals surface area contributed by atoms with E-state index in [0.717, 1.165) is 62.6 Å². The van der Waals surface area contributed by atoms with Gasteiger partial charge in [-0.05, 0) is 90.4 Å². The van der Waals surface area contributed by atoms with Gasteiger partial charge < -0.3 is 15.5 Å². The molecule has 1 unspecified atom stereocenters. The summed E-state index contributed by atoms with van der Waals surface area (Å²) in [6.07, 6.45) is 6.40. The lowest BCUT2D eigenvalue weighted by Gasteiger charge is -2.39. The van der Waals surface area contributed by atoms with Gasteiger partial charge in [0.25, 0.3) is 0 Å². The number of rotatable bonds is 6. The van der Waals surface area contributed by atoms with Crippen molar-refractivity contribution in [2.75, 3.05) is 18.4 Å². The third-order valence-electron chi connectivity index (χ3n) is 7.69. The Balaban J connectivity index is 1.17. The number of aryl methyl sites for hydroxylation is 1. The van der Waals surface area contributed by atoms with Gasteiger partial charge in [0.2, 0.25) is 5.91 Å². The number of piperidine rings is 1. The van der Waals surface area contributed by atoms with E-state index in [2.05, 4.69) is 26.2 Å². The van der Waals surface area contributed by atoms with E-state index in [9.17, 15) is 14.0 Å². The Morgan fingerprint density at radius 3 is 2.50 bits per heavy atom. The first-order valence-electron chi connectivity index (χ1n) is 13.4. The molecule has 1 aliphatic heterocycles. The number of nitrogens with zero attached hydrogens (tertiary/aromatic N) is 5. The second-order valence-corrected chi connectivity index (χ2v) is 10.4. The minimum absolute atomic E-state index is 0.139. The van der Waals surface area contributed by atoms with Crippen molar-refractivity contribution in [2.45, 2.75) is 51.0 Å². The van der Waals surface area contributed by atoms with Crippen molar-refractivity contribution in [1.29, 1.82) is 0 Å². The summed E-state index contributed by atoms with van der Waals surface area (Å²) in [5.41, 5.74) is 2.60. The van der Waals surface area contributed by atoms with Crippen LogP contribution in [-0.4, -0.2) is 56.2 Å². The third-order valence-corrected chi connectivity index (χ3v) is 7.69. The van der Waals surface area contributed by atoms with E-state index >= 15 is 0 Å². The number of benzene rings is 2. The fraction of sp³-hybridized carbons (Fsp3) is 0.464. The molecule has 38 heavy (non-hydrogen) atoms. The molecule has 2 heterocycles. The number of aromatic nitrogens is 4. The summed E-state index contributed by atoms with van der Waals surface area (Å²) in [5.74, 6) is 0.690. The molecule has 9 nitrogen and oxygen atoms in total. The first-order chi connectivity index (χ1) is 18.5. The molecule has 0 spiro atoms. The molecule has 0 radical (unpaired) electrons. The number of hydrogen-bond donors (Lipinski definition) is 2. The summed E-state index contributed by atoms with van der Waals surface area (Å²) in [7, 11) is 1.77. The van der Waals surface area contributed by atoms with Crippen LogP contribution in [0.1, 0.15) is 44.1 Å². The van der Waals surface area contributed by atoms with Gasteiger partial charge in [0, 0.05) is 37.4 Å². The van der Waals surface area contributed by atoms with Gasteiger partial charge in [-0.2, -0.15) is 0 Å². The van der Waals surface area contributed by atoms with Crippen LogP contribution in [0.5, 0.6) is 0 Å². The van der Waals surface area contributed by atoms with Crippen LogP contribution in [0.25, 0.3) is 11.4 Å². The number of carbonyl (C=O) groups excluding carboxylic acids is 2. The van der Waals surface area contributed by atoms with Crippen LogP contribution in [0.3, 0.4) is 0 Å². The molecular weight excluding hydrogens is 485 g/mol. The molecule has 0 bridgehead atoms. The first-order valence-corrected chi connectivity index (χ1v) is 13.4. The van der Waals surface area contributed by atoms with Crippen molar-refractivity contribution in [3.63, 3.8) is 0 Å². The molecule has 10 heteroatoms. The largest absolute Gasteiger partial charge is 0.342 e. The second kappa shape index (κ2) is 11.7. The highest BCUT2D eigenvalue weighted by atomic mass is 19.1. The van der Waals surface area contributed by atoms with E-state index < -0.39 is 0 Å². The maximum Gasteiger partial charge on any atom is 0.319 e. The highest BCUT2D eigenvalue weighted by Crippen LogP contribution is 2.29. The molecule has 2 aromatic carbocycles. The number of urea groups is 1. The Morgan fingerprint density at radius 1 is 1.00 bits per heavy atom. The molecule has 2 fully saturated rings. The maximum absolute atomic E-state index is 13.6. The Kier molecular flexibility index (Phi) is 7.95. The fourth-order valence-corrected chi connectivity index (χ4v) is 5.73. The summed E-state index contributed by atoms with van der Waals surface area (Å²) in [5, 5.41) is 17.5. The molecule has 2 aliphatic rings. The molecule has 3 amide bonds. The van der Waals surface area contributed by atoms with Crippen LogP contribution < -0.4 is 10.6 Å². The van der Waals surface area contributed by atoms with E-state index in [4.69, 9.17) is 0 Å². The van der Waals surface area contributed by atoms with Crippen molar-refractivity contribution in [1.82, 2.24) is 30.4 Å². The monoisotopic (exact) mass is 519 g/mol. The Morgan fingerprint density at radius 2 is 1.76 bits per heavy atom. The SMILES string of the molecule is Cn1nnnc1-c1ccc(NC(=O)N[C@@H]2CCCCC2C(=O)N2CCC[C@@H](Cc3ccc(F)cc3)C2)cc1.